The normalized spacial score (nSPS) is 14.0. The second-order valence-corrected chi connectivity index (χ2v) is 7.41. The maximum Gasteiger partial charge on any atom is 0.243 e. The molecule has 4 nitrogen and oxygen atoms in total. The molecule has 0 heterocycles. The van der Waals surface area contributed by atoms with E-state index in [4.69, 9.17) is 5.11 Å². The maximum atomic E-state index is 13.3. The van der Waals surface area contributed by atoms with Crippen LogP contribution >= 0.6 is 0 Å². The van der Waals surface area contributed by atoms with Gasteiger partial charge >= 0.3 is 0 Å². The quantitative estimate of drug-likeness (QED) is 0.878. The molecule has 0 saturated heterocycles. The minimum absolute atomic E-state index is 0.000978. The first-order valence-corrected chi connectivity index (χ1v) is 8.01. The Balaban J connectivity index is 3.10. The van der Waals surface area contributed by atoms with Crippen LogP contribution in [0.15, 0.2) is 23.1 Å². The van der Waals surface area contributed by atoms with Crippen LogP contribution in [0, 0.1) is 11.7 Å². The second kappa shape index (κ2) is 6.65. The van der Waals surface area contributed by atoms with Crippen molar-refractivity contribution in [2.24, 2.45) is 5.92 Å². The van der Waals surface area contributed by atoms with E-state index in [9.17, 15) is 12.8 Å². The molecule has 0 amide bonds. The Morgan fingerprint density at radius 2 is 1.90 bits per heavy atom. The van der Waals surface area contributed by atoms with Crippen LogP contribution in [0.1, 0.15) is 32.8 Å². The van der Waals surface area contributed by atoms with Crippen molar-refractivity contribution in [3.63, 3.8) is 0 Å². The van der Waals surface area contributed by atoms with Gasteiger partial charge in [0, 0.05) is 18.7 Å². The highest BCUT2D eigenvalue weighted by Crippen LogP contribution is 2.22. The van der Waals surface area contributed by atoms with E-state index >= 15 is 0 Å². The van der Waals surface area contributed by atoms with Crippen LogP contribution in [-0.4, -0.2) is 30.9 Å². The first kappa shape index (κ1) is 17.1. The van der Waals surface area contributed by atoms with Crippen molar-refractivity contribution in [3.05, 3.63) is 29.6 Å². The Labute approximate surface area is 120 Å². The molecule has 0 aromatic heterocycles. The summed E-state index contributed by atoms with van der Waals surface area (Å²) in [6.07, 6.45) is 0.740. The van der Waals surface area contributed by atoms with E-state index in [1.165, 1.54) is 23.5 Å². The molecule has 6 heteroatoms. The van der Waals surface area contributed by atoms with Gasteiger partial charge in [-0.3, -0.25) is 0 Å². The molecule has 20 heavy (non-hydrogen) atoms. The van der Waals surface area contributed by atoms with Crippen molar-refractivity contribution in [3.8, 4) is 0 Å². The summed E-state index contributed by atoms with van der Waals surface area (Å²) < 4.78 is 39.5. The van der Waals surface area contributed by atoms with Crippen molar-refractivity contribution >= 4 is 10.0 Å². The molecule has 1 aromatic rings. The van der Waals surface area contributed by atoms with Crippen LogP contribution in [0.2, 0.25) is 0 Å². The summed E-state index contributed by atoms with van der Waals surface area (Å²) >= 11 is 0. The molecule has 0 aliphatic heterocycles. The zero-order chi connectivity index (χ0) is 15.5. The van der Waals surface area contributed by atoms with Gasteiger partial charge in [-0.15, -0.1) is 0 Å². The molecule has 0 aliphatic rings. The number of nitrogens with zero attached hydrogens (tertiary/aromatic N) is 1. The van der Waals surface area contributed by atoms with E-state index in [2.05, 4.69) is 0 Å². The van der Waals surface area contributed by atoms with Gasteiger partial charge in [0.1, 0.15) is 5.82 Å². The van der Waals surface area contributed by atoms with Gasteiger partial charge in [0.2, 0.25) is 10.0 Å². The minimum atomic E-state index is -3.68. The van der Waals surface area contributed by atoms with Crippen LogP contribution in [0.3, 0.4) is 0 Å². The third kappa shape index (κ3) is 3.77. The predicted molar refractivity (Wildman–Crippen MR) is 76.2 cm³/mol. The fourth-order valence-electron chi connectivity index (χ4n) is 2.07. The number of halogens is 1. The average Bonchev–Trinajstić information content (AvgIpc) is 2.37. The fourth-order valence-corrected chi connectivity index (χ4v) is 3.49. The number of benzene rings is 1. The molecule has 0 radical (unpaired) electrons. The monoisotopic (exact) mass is 303 g/mol. The fraction of sp³-hybridized carbons (Fsp3) is 0.571. The second-order valence-electron chi connectivity index (χ2n) is 5.41. The minimum Gasteiger partial charge on any atom is -0.392 e. The molecule has 1 N–H and O–H groups in total. The van der Waals surface area contributed by atoms with Gasteiger partial charge in [-0.05, 0) is 37.5 Å². The van der Waals surface area contributed by atoms with Gasteiger partial charge in [0.15, 0.2) is 0 Å². The summed E-state index contributed by atoms with van der Waals surface area (Å²) in [4.78, 5) is 0.000978. The van der Waals surface area contributed by atoms with Crippen molar-refractivity contribution < 1.29 is 17.9 Å². The molecule has 0 fully saturated rings. The van der Waals surface area contributed by atoms with Crippen LogP contribution in [0.5, 0.6) is 0 Å². The van der Waals surface area contributed by atoms with Crippen molar-refractivity contribution in [1.82, 2.24) is 4.31 Å². The van der Waals surface area contributed by atoms with E-state index in [-0.39, 0.29) is 16.5 Å². The predicted octanol–water partition coefficient (Wildman–Crippen LogP) is 2.37. The van der Waals surface area contributed by atoms with Gasteiger partial charge in [-0.2, -0.15) is 4.31 Å². The zero-order valence-corrected chi connectivity index (χ0v) is 13.1. The molecule has 114 valence electrons. The lowest BCUT2D eigenvalue weighted by Gasteiger charge is -2.25. The lowest BCUT2D eigenvalue weighted by molar-refractivity contribution is 0.275. The molecule has 1 unspecified atom stereocenters. The number of rotatable bonds is 6. The molecular weight excluding hydrogens is 281 g/mol. The Kier molecular flexibility index (Phi) is 5.68. The van der Waals surface area contributed by atoms with E-state index in [1.807, 2.05) is 20.8 Å². The standard InChI is InChI=1S/C14H22FNO3S/c1-10(2)7-11(3)16(4)20(18,19)13-5-6-14(15)12(8-13)9-17/h5-6,8,10-11,17H,7,9H2,1-4H3. The first-order chi connectivity index (χ1) is 9.20. The van der Waals surface area contributed by atoms with Gasteiger partial charge in [0.25, 0.3) is 0 Å². The van der Waals surface area contributed by atoms with Crippen molar-refractivity contribution in [2.45, 2.75) is 44.7 Å². The lowest BCUT2D eigenvalue weighted by Crippen LogP contribution is -2.36. The number of sulfonamides is 1. The highest BCUT2D eigenvalue weighted by molar-refractivity contribution is 7.89. The van der Waals surface area contributed by atoms with E-state index in [0.29, 0.717) is 5.92 Å². The van der Waals surface area contributed by atoms with Crippen LogP contribution in [0.25, 0.3) is 0 Å². The van der Waals surface area contributed by atoms with Crippen molar-refractivity contribution in [2.75, 3.05) is 7.05 Å². The van der Waals surface area contributed by atoms with Gasteiger partial charge in [0.05, 0.1) is 11.5 Å². The highest BCUT2D eigenvalue weighted by Gasteiger charge is 2.26. The van der Waals surface area contributed by atoms with Crippen molar-refractivity contribution in [1.29, 1.82) is 0 Å². The van der Waals surface area contributed by atoms with Crippen LogP contribution in [-0.2, 0) is 16.6 Å². The SMILES string of the molecule is CC(C)CC(C)N(C)S(=O)(=O)c1ccc(F)c(CO)c1. The van der Waals surface area contributed by atoms with Gasteiger partial charge < -0.3 is 5.11 Å². The number of aliphatic hydroxyl groups is 1. The zero-order valence-electron chi connectivity index (χ0n) is 12.3. The van der Waals surface area contributed by atoms with Gasteiger partial charge in [-0.25, -0.2) is 12.8 Å². The Morgan fingerprint density at radius 1 is 1.30 bits per heavy atom. The van der Waals surface area contributed by atoms with Gasteiger partial charge in [-0.1, -0.05) is 13.8 Å². The maximum absolute atomic E-state index is 13.3. The Hall–Kier alpha value is -0.980. The molecule has 0 bridgehead atoms. The molecule has 1 atom stereocenters. The summed E-state index contributed by atoms with van der Waals surface area (Å²) in [5, 5.41) is 9.03. The van der Waals surface area contributed by atoms with E-state index in [0.717, 1.165) is 12.5 Å². The van der Waals surface area contributed by atoms with Crippen LogP contribution in [0.4, 0.5) is 4.39 Å². The third-order valence-corrected chi connectivity index (χ3v) is 5.27. The first-order valence-electron chi connectivity index (χ1n) is 6.57. The summed E-state index contributed by atoms with van der Waals surface area (Å²) in [5.41, 5.74) is -0.0176. The average molecular weight is 303 g/mol. The number of hydrogen-bond acceptors (Lipinski definition) is 3. The Morgan fingerprint density at radius 3 is 2.40 bits per heavy atom. The molecular formula is C14H22FNO3S. The summed E-state index contributed by atoms with van der Waals surface area (Å²) in [7, 11) is -2.16. The molecule has 1 rings (SSSR count). The topological polar surface area (TPSA) is 57.6 Å². The Bertz CT molecular complexity index is 558. The smallest absolute Gasteiger partial charge is 0.243 e. The molecule has 0 spiro atoms. The largest absolute Gasteiger partial charge is 0.392 e. The summed E-state index contributed by atoms with van der Waals surface area (Å²) in [5.74, 6) is -0.229. The van der Waals surface area contributed by atoms with E-state index in [1.54, 1.807) is 0 Å². The molecule has 0 aliphatic carbocycles. The van der Waals surface area contributed by atoms with Crippen LogP contribution < -0.4 is 0 Å². The molecule has 0 saturated carbocycles. The summed E-state index contributed by atoms with van der Waals surface area (Å²) in [6, 6.07) is 3.33. The lowest BCUT2D eigenvalue weighted by atomic mass is 10.1. The third-order valence-electron chi connectivity index (χ3n) is 3.30. The van der Waals surface area contributed by atoms with E-state index < -0.39 is 22.4 Å². The number of hydrogen-bond donors (Lipinski definition) is 1. The highest BCUT2D eigenvalue weighted by atomic mass is 32.2. The number of aliphatic hydroxyl groups excluding tert-OH is 1. The molecule has 1 aromatic carbocycles. The summed E-state index contributed by atoms with van der Waals surface area (Å²) in [6.45, 7) is 5.37.